The van der Waals surface area contributed by atoms with E-state index >= 15 is 0 Å². The van der Waals surface area contributed by atoms with Crippen molar-refractivity contribution < 1.29 is 14.3 Å². The van der Waals surface area contributed by atoms with Gasteiger partial charge in [-0.15, -0.1) is 0 Å². The Balaban J connectivity index is 1.98. The number of aliphatic hydroxyl groups is 1. The van der Waals surface area contributed by atoms with E-state index in [4.69, 9.17) is 9.15 Å². The molecule has 1 N–H and O–H groups in total. The molecule has 1 fully saturated rings. The predicted octanol–water partition coefficient (Wildman–Crippen LogP) is 2.69. The fourth-order valence-corrected chi connectivity index (χ4v) is 3.33. The van der Waals surface area contributed by atoms with Crippen molar-refractivity contribution in [2.24, 2.45) is 11.8 Å². The summed E-state index contributed by atoms with van der Waals surface area (Å²) in [4.78, 5) is 11.9. The third-order valence-electron chi connectivity index (χ3n) is 4.51. The SMILES string of the molecule is C=C(CO)[C@H]1C[C@@H](C)C2=Cc3c(cc(C)oc3=O)O[C@H]2C1. The number of hydrogen-bond acceptors (Lipinski definition) is 4. The quantitative estimate of drug-likeness (QED) is 0.850. The van der Waals surface area contributed by atoms with Crippen LogP contribution in [0.5, 0.6) is 5.75 Å². The van der Waals surface area contributed by atoms with Crippen molar-refractivity contribution >= 4 is 6.08 Å². The summed E-state index contributed by atoms with van der Waals surface area (Å²) in [6.45, 7) is 7.83. The zero-order chi connectivity index (χ0) is 15.1. The minimum Gasteiger partial charge on any atom is -0.485 e. The molecule has 0 amide bonds. The van der Waals surface area contributed by atoms with E-state index in [1.807, 2.05) is 6.08 Å². The Morgan fingerprint density at radius 2 is 2.24 bits per heavy atom. The topological polar surface area (TPSA) is 59.7 Å². The number of fused-ring (bicyclic) bond motifs is 2. The molecule has 3 rings (SSSR count). The van der Waals surface area contributed by atoms with E-state index in [1.165, 1.54) is 0 Å². The lowest BCUT2D eigenvalue weighted by molar-refractivity contribution is 0.152. The van der Waals surface area contributed by atoms with Gasteiger partial charge in [-0.25, -0.2) is 4.79 Å². The van der Waals surface area contributed by atoms with Crippen LogP contribution in [0.1, 0.15) is 31.1 Å². The second-order valence-corrected chi connectivity index (χ2v) is 6.06. The normalized spacial score (nSPS) is 27.2. The molecule has 1 aliphatic carbocycles. The van der Waals surface area contributed by atoms with Crippen LogP contribution >= 0.6 is 0 Å². The monoisotopic (exact) mass is 288 g/mol. The third-order valence-corrected chi connectivity index (χ3v) is 4.51. The first-order valence-corrected chi connectivity index (χ1v) is 7.31. The molecule has 1 aliphatic heterocycles. The highest BCUT2D eigenvalue weighted by Gasteiger charge is 2.36. The second kappa shape index (κ2) is 5.19. The average molecular weight is 288 g/mol. The molecule has 0 unspecified atom stereocenters. The maximum atomic E-state index is 11.9. The molecule has 112 valence electrons. The lowest BCUT2D eigenvalue weighted by Gasteiger charge is -2.38. The molecule has 2 heterocycles. The zero-order valence-corrected chi connectivity index (χ0v) is 12.4. The maximum Gasteiger partial charge on any atom is 0.346 e. The van der Waals surface area contributed by atoms with Crippen molar-refractivity contribution in [1.29, 1.82) is 0 Å². The van der Waals surface area contributed by atoms with Gasteiger partial charge in [0.05, 0.1) is 6.61 Å². The molecule has 0 radical (unpaired) electrons. The molecule has 2 aliphatic rings. The van der Waals surface area contributed by atoms with Gasteiger partial charge < -0.3 is 14.3 Å². The van der Waals surface area contributed by atoms with E-state index in [2.05, 4.69) is 13.5 Å². The summed E-state index contributed by atoms with van der Waals surface area (Å²) in [6.07, 6.45) is 3.61. The fraction of sp³-hybridized carbons (Fsp3) is 0.471. The Morgan fingerprint density at radius 1 is 1.48 bits per heavy atom. The lowest BCUT2D eigenvalue weighted by Crippen LogP contribution is -2.36. The zero-order valence-electron chi connectivity index (χ0n) is 12.4. The van der Waals surface area contributed by atoms with Gasteiger partial charge in [0.15, 0.2) is 0 Å². The molecule has 1 aromatic rings. The smallest absolute Gasteiger partial charge is 0.346 e. The van der Waals surface area contributed by atoms with Crippen LogP contribution in [0.4, 0.5) is 0 Å². The van der Waals surface area contributed by atoms with Crippen LogP contribution in [0.3, 0.4) is 0 Å². The van der Waals surface area contributed by atoms with Crippen LogP contribution in [-0.2, 0) is 0 Å². The summed E-state index contributed by atoms with van der Waals surface area (Å²) in [6, 6.07) is 1.76. The van der Waals surface area contributed by atoms with E-state index in [0.29, 0.717) is 23.0 Å². The van der Waals surface area contributed by atoms with Crippen molar-refractivity contribution in [3.63, 3.8) is 0 Å². The van der Waals surface area contributed by atoms with Gasteiger partial charge in [0, 0.05) is 6.07 Å². The standard InChI is InChI=1S/C17H20O4/c1-9-4-12(10(2)8-18)6-16-13(9)7-14-15(21-16)5-11(3)20-17(14)19/h5,7,9,12,16,18H,2,4,6,8H2,1,3H3/t9-,12+,16+/m1/s1. The van der Waals surface area contributed by atoms with Gasteiger partial charge in [0.25, 0.3) is 0 Å². The van der Waals surface area contributed by atoms with Gasteiger partial charge in [-0.05, 0) is 48.8 Å². The molecule has 21 heavy (non-hydrogen) atoms. The Hall–Kier alpha value is -1.81. The maximum absolute atomic E-state index is 11.9. The molecule has 1 aromatic heterocycles. The molecule has 0 aromatic carbocycles. The van der Waals surface area contributed by atoms with Gasteiger partial charge in [0.1, 0.15) is 23.2 Å². The number of rotatable bonds is 2. The highest BCUT2D eigenvalue weighted by molar-refractivity contribution is 5.62. The van der Waals surface area contributed by atoms with Crippen molar-refractivity contribution in [3.8, 4) is 5.75 Å². The summed E-state index contributed by atoms with van der Waals surface area (Å²) in [5.41, 5.74) is 2.17. The summed E-state index contributed by atoms with van der Waals surface area (Å²) < 4.78 is 11.2. The van der Waals surface area contributed by atoms with E-state index in [-0.39, 0.29) is 24.3 Å². The van der Waals surface area contributed by atoms with Crippen LogP contribution in [0, 0.1) is 18.8 Å². The van der Waals surface area contributed by atoms with Crippen molar-refractivity contribution in [1.82, 2.24) is 0 Å². The van der Waals surface area contributed by atoms with Crippen molar-refractivity contribution in [2.45, 2.75) is 32.8 Å². The van der Waals surface area contributed by atoms with Crippen LogP contribution in [0.2, 0.25) is 0 Å². The van der Waals surface area contributed by atoms with Gasteiger partial charge >= 0.3 is 5.63 Å². The van der Waals surface area contributed by atoms with Gasteiger partial charge in [-0.1, -0.05) is 13.5 Å². The van der Waals surface area contributed by atoms with Gasteiger partial charge in [-0.2, -0.15) is 0 Å². The summed E-state index contributed by atoms with van der Waals surface area (Å²) in [5, 5.41) is 9.29. The summed E-state index contributed by atoms with van der Waals surface area (Å²) in [7, 11) is 0. The highest BCUT2D eigenvalue weighted by Crippen LogP contribution is 2.42. The Bertz CT molecular complexity index is 668. The minimum atomic E-state index is -0.343. The molecule has 3 atom stereocenters. The summed E-state index contributed by atoms with van der Waals surface area (Å²) in [5.74, 6) is 1.71. The van der Waals surface area contributed by atoms with Crippen LogP contribution in [-0.4, -0.2) is 17.8 Å². The Kier molecular flexibility index (Phi) is 3.49. The third kappa shape index (κ3) is 2.44. The summed E-state index contributed by atoms with van der Waals surface area (Å²) >= 11 is 0. The molecule has 0 bridgehead atoms. The lowest BCUT2D eigenvalue weighted by atomic mass is 9.73. The Labute approximate surface area is 123 Å². The minimum absolute atomic E-state index is 0.0163. The van der Waals surface area contributed by atoms with E-state index < -0.39 is 0 Å². The van der Waals surface area contributed by atoms with Crippen LogP contribution < -0.4 is 10.4 Å². The van der Waals surface area contributed by atoms with E-state index in [9.17, 15) is 9.90 Å². The highest BCUT2D eigenvalue weighted by atomic mass is 16.5. The number of ether oxygens (including phenoxy) is 1. The van der Waals surface area contributed by atoms with Crippen molar-refractivity contribution in [2.75, 3.05) is 6.61 Å². The second-order valence-electron chi connectivity index (χ2n) is 6.06. The van der Waals surface area contributed by atoms with E-state index in [0.717, 1.165) is 24.0 Å². The largest absolute Gasteiger partial charge is 0.485 e. The van der Waals surface area contributed by atoms with Crippen LogP contribution in [0.25, 0.3) is 6.08 Å². The predicted molar refractivity (Wildman–Crippen MR) is 80.2 cm³/mol. The molecule has 0 spiro atoms. The Morgan fingerprint density at radius 3 is 2.95 bits per heavy atom. The van der Waals surface area contributed by atoms with E-state index in [1.54, 1.807) is 13.0 Å². The first-order chi connectivity index (χ1) is 9.99. The molecular formula is C17H20O4. The number of hydrogen-bond donors (Lipinski definition) is 1. The first-order valence-electron chi connectivity index (χ1n) is 7.31. The molecule has 1 saturated carbocycles. The van der Waals surface area contributed by atoms with Crippen molar-refractivity contribution in [3.05, 3.63) is 45.5 Å². The average Bonchev–Trinajstić information content (AvgIpc) is 2.44. The number of aryl methyl sites for hydroxylation is 1. The molecule has 4 heteroatoms. The number of aliphatic hydroxyl groups excluding tert-OH is 1. The molecule has 4 nitrogen and oxygen atoms in total. The van der Waals surface area contributed by atoms with Crippen LogP contribution in [0.15, 0.2) is 33.0 Å². The van der Waals surface area contributed by atoms with Gasteiger partial charge in [0.2, 0.25) is 0 Å². The molecule has 0 saturated heterocycles. The fourth-order valence-electron chi connectivity index (χ4n) is 3.33. The van der Waals surface area contributed by atoms with Gasteiger partial charge in [-0.3, -0.25) is 0 Å². The first kappa shape index (κ1) is 14.1. The molecular weight excluding hydrogens is 268 g/mol.